The zero-order valence-electron chi connectivity index (χ0n) is 12.6. The van der Waals surface area contributed by atoms with Gasteiger partial charge in [0.1, 0.15) is 6.23 Å². The highest BCUT2D eigenvalue weighted by Gasteiger charge is 2.50. The number of nitrogens with one attached hydrogen (secondary N) is 3. The normalized spacial score (nSPS) is 47.1. The number of hydrogen-bond donors (Lipinski definition) is 5. The van der Waals surface area contributed by atoms with Crippen molar-refractivity contribution in [3.8, 4) is 0 Å². The minimum atomic E-state index is -0.337. The number of ketones is 1. The van der Waals surface area contributed by atoms with Crippen LogP contribution in [0.4, 0.5) is 0 Å². The number of Topliss-reactive ketones (excluding diaryl/α,β-unsaturated/α-hetero) is 1. The van der Waals surface area contributed by atoms with Crippen LogP contribution in [0, 0.1) is 17.8 Å². The first-order chi connectivity index (χ1) is 10.0. The van der Waals surface area contributed by atoms with E-state index in [2.05, 4.69) is 29.8 Å². The molecule has 0 aromatic rings. The van der Waals surface area contributed by atoms with E-state index < -0.39 is 0 Å². The minimum Gasteiger partial charge on any atom is -0.396 e. The van der Waals surface area contributed by atoms with Crippen LogP contribution >= 0.6 is 0 Å². The lowest BCUT2D eigenvalue weighted by molar-refractivity contribution is -0.172. The van der Waals surface area contributed by atoms with Crippen molar-refractivity contribution in [2.45, 2.75) is 51.0 Å². The standard InChI is InChI=1S/C14H26N4O3/c1-6(2)13-16-4-9-10(17-13)11(20)8-3-7(5-19)12(15)18-14(8)21-9/h6-10,12-14,16-19H,3-5,15H2,1-2H3. The summed E-state index contributed by atoms with van der Waals surface area (Å²) in [6.07, 6.45) is -0.120. The van der Waals surface area contributed by atoms with Crippen LogP contribution in [0.1, 0.15) is 20.3 Å². The van der Waals surface area contributed by atoms with Crippen molar-refractivity contribution in [1.29, 1.82) is 0 Å². The van der Waals surface area contributed by atoms with E-state index in [9.17, 15) is 9.90 Å². The first-order valence-corrected chi connectivity index (χ1v) is 7.82. The molecule has 3 fully saturated rings. The molecule has 0 aromatic heterocycles. The predicted octanol–water partition coefficient (Wildman–Crippen LogP) is -1.67. The second-order valence-corrected chi connectivity index (χ2v) is 6.75. The van der Waals surface area contributed by atoms with Crippen molar-refractivity contribution in [1.82, 2.24) is 16.0 Å². The number of aliphatic hydroxyl groups is 1. The zero-order chi connectivity index (χ0) is 15.1. The van der Waals surface area contributed by atoms with Crippen LogP contribution in [0.25, 0.3) is 0 Å². The smallest absolute Gasteiger partial charge is 0.159 e. The van der Waals surface area contributed by atoms with Gasteiger partial charge in [0, 0.05) is 19.1 Å². The maximum absolute atomic E-state index is 12.8. The number of carbonyl (C=O) groups excluding carboxylic acids is 1. The van der Waals surface area contributed by atoms with Gasteiger partial charge in [-0.05, 0) is 12.3 Å². The van der Waals surface area contributed by atoms with Crippen molar-refractivity contribution in [3.05, 3.63) is 0 Å². The molecule has 3 saturated heterocycles. The molecule has 3 rings (SSSR count). The van der Waals surface area contributed by atoms with Crippen LogP contribution in [0.5, 0.6) is 0 Å². The summed E-state index contributed by atoms with van der Waals surface area (Å²) in [5.41, 5.74) is 5.98. The van der Waals surface area contributed by atoms with Gasteiger partial charge in [0.05, 0.1) is 30.4 Å². The van der Waals surface area contributed by atoms with Crippen molar-refractivity contribution in [2.75, 3.05) is 13.2 Å². The fraction of sp³-hybridized carbons (Fsp3) is 0.929. The molecular formula is C14H26N4O3. The van der Waals surface area contributed by atoms with Crippen molar-refractivity contribution < 1.29 is 14.6 Å². The molecule has 7 unspecified atom stereocenters. The van der Waals surface area contributed by atoms with Crippen LogP contribution in [-0.4, -0.2) is 54.7 Å². The SMILES string of the molecule is CC(C)C1NCC2OC3NC(N)C(CO)CC3C(=O)C2N1. The lowest BCUT2D eigenvalue weighted by Gasteiger charge is -2.50. The second kappa shape index (κ2) is 5.91. The number of hydrogen-bond acceptors (Lipinski definition) is 7. The van der Waals surface area contributed by atoms with Crippen LogP contribution in [0.15, 0.2) is 0 Å². The van der Waals surface area contributed by atoms with Gasteiger partial charge in [-0.2, -0.15) is 0 Å². The summed E-state index contributed by atoms with van der Waals surface area (Å²) in [6.45, 7) is 4.88. The molecule has 0 bridgehead atoms. The van der Waals surface area contributed by atoms with Crippen molar-refractivity contribution in [3.63, 3.8) is 0 Å². The highest BCUT2D eigenvalue weighted by atomic mass is 16.5. The summed E-state index contributed by atoms with van der Waals surface area (Å²) in [7, 11) is 0. The van der Waals surface area contributed by atoms with E-state index in [1.807, 2.05) is 0 Å². The number of aliphatic hydroxyl groups excluding tert-OH is 1. The molecule has 0 amide bonds. The molecule has 7 nitrogen and oxygen atoms in total. The molecule has 7 heteroatoms. The Morgan fingerprint density at radius 3 is 2.86 bits per heavy atom. The average molecular weight is 298 g/mol. The highest BCUT2D eigenvalue weighted by molar-refractivity contribution is 5.88. The van der Waals surface area contributed by atoms with E-state index in [1.54, 1.807) is 0 Å². The molecule has 21 heavy (non-hydrogen) atoms. The Balaban J connectivity index is 1.74. The molecule has 3 heterocycles. The first-order valence-electron chi connectivity index (χ1n) is 7.82. The minimum absolute atomic E-state index is 0.0115. The van der Waals surface area contributed by atoms with Crippen LogP contribution in [0.2, 0.25) is 0 Å². The van der Waals surface area contributed by atoms with Gasteiger partial charge >= 0.3 is 0 Å². The highest BCUT2D eigenvalue weighted by Crippen LogP contribution is 2.32. The van der Waals surface area contributed by atoms with Gasteiger partial charge in [-0.15, -0.1) is 0 Å². The number of fused-ring (bicyclic) bond motifs is 2. The summed E-state index contributed by atoms with van der Waals surface area (Å²) in [6, 6.07) is -0.268. The van der Waals surface area contributed by atoms with Gasteiger partial charge in [0.15, 0.2) is 5.78 Å². The number of nitrogens with two attached hydrogens (primary N) is 1. The molecule has 3 aliphatic rings. The van der Waals surface area contributed by atoms with E-state index in [1.165, 1.54) is 0 Å². The summed E-state index contributed by atoms with van der Waals surface area (Å²) in [5, 5.41) is 19.3. The third kappa shape index (κ3) is 2.74. The number of carbonyl (C=O) groups is 1. The monoisotopic (exact) mass is 298 g/mol. The second-order valence-electron chi connectivity index (χ2n) is 6.75. The first kappa shape index (κ1) is 15.3. The van der Waals surface area contributed by atoms with Crippen molar-refractivity contribution in [2.24, 2.45) is 23.5 Å². The largest absolute Gasteiger partial charge is 0.396 e. The third-order valence-corrected chi connectivity index (χ3v) is 4.95. The molecule has 7 atom stereocenters. The van der Waals surface area contributed by atoms with Crippen LogP contribution in [0.3, 0.4) is 0 Å². The molecular weight excluding hydrogens is 272 g/mol. The molecule has 120 valence electrons. The van der Waals surface area contributed by atoms with Gasteiger partial charge in [-0.3, -0.25) is 20.7 Å². The Bertz CT molecular complexity index is 398. The lowest BCUT2D eigenvalue weighted by Crippen LogP contribution is -2.73. The quantitative estimate of drug-likeness (QED) is 0.415. The van der Waals surface area contributed by atoms with E-state index in [0.717, 1.165) is 0 Å². The fourth-order valence-corrected chi connectivity index (χ4v) is 3.59. The van der Waals surface area contributed by atoms with E-state index in [4.69, 9.17) is 10.5 Å². The van der Waals surface area contributed by atoms with Crippen LogP contribution < -0.4 is 21.7 Å². The van der Waals surface area contributed by atoms with Gasteiger partial charge in [-0.1, -0.05) is 13.8 Å². The third-order valence-electron chi connectivity index (χ3n) is 4.95. The van der Waals surface area contributed by atoms with Crippen LogP contribution in [-0.2, 0) is 9.53 Å². The Kier molecular flexibility index (Phi) is 4.31. The molecule has 0 saturated carbocycles. The molecule has 3 aliphatic heterocycles. The van der Waals surface area contributed by atoms with E-state index in [0.29, 0.717) is 18.9 Å². The molecule has 0 radical (unpaired) electrons. The molecule has 6 N–H and O–H groups in total. The Labute approximate surface area is 125 Å². The number of rotatable bonds is 2. The van der Waals surface area contributed by atoms with Crippen molar-refractivity contribution >= 4 is 5.78 Å². The topological polar surface area (TPSA) is 109 Å². The summed E-state index contributed by atoms with van der Waals surface area (Å²) in [5.74, 6) is 0.250. The molecule has 0 aliphatic carbocycles. The maximum Gasteiger partial charge on any atom is 0.159 e. The zero-order valence-corrected chi connectivity index (χ0v) is 12.6. The Morgan fingerprint density at radius 2 is 2.19 bits per heavy atom. The van der Waals surface area contributed by atoms with E-state index >= 15 is 0 Å². The summed E-state index contributed by atoms with van der Waals surface area (Å²) in [4.78, 5) is 12.8. The van der Waals surface area contributed by atoms with Gasteiger partial charge < -0.3 is 15.6 Å². The van der Waals surface area contributed by atoms with E-state index in [-0.39, 0.29) is 54.9 Å². The average Bonchev–Trinajstić information content (AvgIpc) is 2.46. The lowest BCUT2D eigenvalue weighted by atomic mass is 9.79. The number of piperidine rings is 1. The fourth-order valence-electron chi connectivity index (χ4n) is 3.59. The Morgan fingerprint density at radius 1 is 1.43 bits per heavy atom. The van der Waals surface area contributed by atoms with Gasteiger partial charge in [-0.25, -0.2) is 0 Å². The molecule has 0 spiro atoms. The van der Waals surface area contributed by atoms with Gasteiger partial charge in [0.2, 0.25) is 0 Å². The summed E-state index contributed by atoms with van der Waals surface area (Å²) < 4.78 is 6.04. The molecule has 0 aromatic carbocycles. The summed E-state index contributed by atoms with van der Waals surface area (Å²) >= 11 is 0. The maximum atomic E-state index is 12.8. The van der Waals surface area contributed by atoms with Gasteiger partial charge in [0.25, 0.3) is 0 Å². The predicted molar refractivity (Wildman–Crippen MR) is 77.0 cm³/mol. The number of ether oxygens (including phenoxy) is 1. The Hall–Kier alpha value is -0.570.